The van der Waals surface area contributed by atoms with Crippen LogP contribution >= 0.6 is 23.2 Å². The summed E-state index contributed by atoms with van der Waals surface area (Å²) >= 11 is 12.3. The van der Waals surface area contributed by atoms with Crippen LogP contribution in [0.3, 0.4) is 0 Å². The topological polar surface area (TPSA) is 100 Å². The van der Waals surface area contributed by atoms with Crippen molar-refractivity contribution in [1.82, 2.24) is 0 Å². The number of rotatable bonds is 8. The van der Waals surface area contributed by atoms with Gasteiger partial charge < -0.3 is 14.2 Å². The van der Waals surface area contributed by atoms with E-state index in [2.05, 4.69) is 4.99 Å². The summed E-state index contributed by atoms with van der Waals surface area (Å²) in [6.07, 6.45) is 2.17. The number of benzene rings is 3. The third-order valence-corrected chi connectivity index (χ3v) is 5.65. The van der Waals surface area contributed by atoms with E-state index in [1.54, 1.807) is 12.1 Å². The molecule has 0 amide bonds. The summed E-state index contributed by atoms with van der Waals surface area (Å²) in [5, 5.41) is 11.4. The molecular formula is C25H18Cl2N2O6. The van der Waals surface area contributed by atoms with Crippen LogP contribution in [0.25, 0.3) is 6.08 Å². The van der Waals surface area contributed by atoms with Crippen molar-refractivity contribution < 1.29 is 23.9 Å². The summed E-state index contributed by atoms with van der Waals surface area (Å²) in [7, 11) is 1.49. The highest BCUT2D eigenvalue weighted by molar-refractivity contribution is 6.33. The molecule has 0 saturated carbocycles. The SMILES string of the molecule is COc1cc(/C=C2\N=C(c3ccc(Cl)c([N+](=O)[O-])c3)OC2=O)cc(Cl)c1OCCc1ccccc1. The normalized spacial score (nSPS) is 14.0. The van der Waals surface area contributed by atoms with Crippen LogP contribution in [-0.2, 0) is 16.0 Å². The Hall–Kier alpha value is -3.88. The number of carbonyl (C=O) groups excluding carboxylic acids is 1. The van der Waals surface area contributed by atoms with E-state index in [-0.39, 0.29) is 27.9 Å². The largest absolute Gasteiger partial charge is 0.493 e. The standard InChI is InChI=1S/C25H18Cl2N2O6/c1-33-22-13-16(11-19(27)23(22)34-10-9-15-5-3-2-4-6-15)12-20-25(30)35-24(28-20)17-7-8-18(26)21(14-17)29(31)32/h2-8,11-14H,9-10H2,1H3/b20-12-. The number of methoxy groups -OCH3 is 1. The van der Waals surface area contributed by atoms with Gasteiger partial charge in [0.15, 0.2) is 17.2 Å². The quantitative estimate of drug-likeness (QED) is 0.162. The predicted octanol–water partition coefficient (Wildman–Crippen LogP) is 5.88. The number of nitro benzene ring substituents is 1. The Morgan fingerprint density at radius 3 is 2.57 bits per heavy atom. The van der Waals surface area contributed by atoms with Gasteiger partial charge >= 0.3 is 5.97 Å². The molecule has 0 saturated heterocycles. The van der Waals surface area contributed by atoms with Crippen LogP contribution in [0, 0.1) is 10.1 Å². The van der Waals surface area contributed by atoms with Crippen LogP contribution in [-0.4, -0.2) is 30.5 Å². The maximum absolute atomic E-state index is 12.4. The molecular weight excluding hydrogens is 495 g/mol. The number of halogens is 2. The molecule has 0 aromatic heterocycles. The lowest BCUT2D eigenvalue weighted by Crippen LogP contribution is -2.06. The molecule has 0 bridgehead atoms. The van der Waals surface area contributed by atoms with Crippen LogP contribution < -0.4 is 9.47 Å². The van der Waals surface area contributed by atoms with Gasteiger partial charge in [-0.15, -0.1) is 0 Å². The number of aliphatic imine (C=N–C) groups is 1. The minimum Gasteiger partial charge on any atom is -0.493 e. The number of cyclic esters (lactones) is 1. The number of hydrogen-bond donors (Lipinski definition) is 0. The summed E-state index contributed by atoms with van der Waals surface area (Å²) in [5.41, 5.74) is 1.58. The molecule has 1 heterocycles. The van der Waals surface area contributed by atoms with Crippen molar-refractivity contribution in [3.05, 3.63) is 103 Å². The molecule has 0 fully saturated rings. The maximum atomic E-state index is 12.4. The molecule has 4 rings (SSSR count). The van der Waals surface area contributed by atoms with Crippen molar-refractivity contribution in [1.29, 1.82) is 0 Å². The van der Waals surface area contributed by atoms with Crippen molar-refractivity contribution in [3.8, 4) is 11.5 Å². The van der Waals surface area contributed by atoms with Crippen LogP contribution in [0.2, 0.25) is 10.0 Å². The Morgan fingerprint density at radius 2 is 1.86 bits per heavy atom. The molecule has 3 aromatic carbocycles. The molecule has 8 nitrogen and oxygen atoms in total. The highest BCUT2D eigenvalue weighted by Crippen LogP contribution is 2.37. The summed E-state index contributed by atoms with van der Waals surface area (Å²) in [5.74, 6) is -0.00367. The Balaban J connectivity index is 1.56. The van der Waals surface area contributed by atoms with Gasteiger partial charge in [-0.05, 0) is 41.5 Å². The van der Waals surface area contributed by atoms with Crippen molar-refractivity contribution in [3.63, 3.8) is 0 Å². The van der Waals surface area contributed by atoms with E-state index in [1.165, 1.54) is 31.4 Å². The average molecular weight is 513 g/mol. The minimum absolute atomic E-state index is 0.00605. The van der Waals surface area contributed by atoms with Gasteiger partial charge in [-0.2, -0.15) is 0 Å². The van der Waals surface area contributed by atoms with E-state index in [9.17, 15) is 14.9 Å². The van der Waals surface area contributed by atoms with Gasteiger partial charge in [0.25, 0.3) is 5.69 Å². The zero-order chi connectivity index (χ0) is 24.9. The van der Waals surface area contributed by atoms with Gasteiger partial charge in [0.05, 0.1) is 23.7 Å². The van der Waals surface area contributed by atoms with Crippen molar-refractivity contribution in [2.75, 3.05) is 13.7 Å². The van der Waals surface area contributed by atoms with Gasteiger partial charge in [-0.25, -0.2) is 9.79 Å². The highest BCUT2D eigenvalue weighted by Gasteiger charge is 2.26. The van der Waals surface area contributed by atoms with Gasteiger partial charge in [0, 0.05) is 18.1 Å². The fourth-order valence-electron chi connectivity index (χ4n) is 3.35. The zero-order valence-corrected chi connectivity index (χ0v) is 19.9. The molecule has 35 heavy (non-hydrogen) atoms. The lowest BCUT2D eigenvalue weighted by molar-refractivity contribution is -0.384. The second-order valence-electron chi connectivity index (χ2n) is 7.38. The molecule has 0 N–H and O–H groups in total. The van der Waals surface area contributed by atoms with Gasteiger partial charge in [-0.3, -0.25) is 10.1 Å². The maximum Gasteiger partial charge on any atom is 0.363 e. The van der Waals surface area contributed by atoms with E-state index >= 15 is 0 Å². The van der Waals surface area contributed by atoms with Crippen molar-refractivity contribution in [2.45, 2.75) is 6.42 Å². The van der Waals surface area contributed by atoms with E-state index in [4.69, 9.17) is 37.4 Å². The molecule has 0 atom stereocenters. The van der Waals surface area contributed by atoms with Crippen LogP contribution in [0.1, 0.15) is 16.7 Å². The molecule has 1 aliphatic heterocycles. The van der Waals surface area contributed by atoms with Gasteiger partial charge in [0.2, 0.25) is 5.90 Å². The number of nitro groups is 1. The van der Waals surface area contributed by atoms with E-state index in [1.807, 2.05) is 30.3 Å². The fourth-order valence-corrected chi connectivity index (χ4v) is 3.82. The van der Waals surface area contributed by atoms with E-state index < -0.39 is 10.9 Å². The number of ether oxygens (including phenoxy) is 3. The summed E-state index contributed by atoms with van der Waals surface area (Å²) in [6, 6.07) is 17.2. The van der Waals surface area contributed by atoms with Crippen molar-refractivity contribution in [2.24, 2.45) is 4.99 Å². The summed E-state index contributed by atoms with van der Waals surface area (Å²) in [4.78, 5) is 27.1. The fraction of sp³-hybridized carbons (Fsp3) is 0.120. The molecule has 3 aromatic rings. The number of carbonyl (C=O) groups is 1. The minimum atomic E-state index is -0.712. The molecule has 0 radical (unpaired) electrons. The lowest BCUT2D eigenvalue weighted by Gasteiger charge is -2.13. The zero-order valence-electron chi connectivity index (χ0n) is 18.4. The first kappa shape index (κ1) is 24.3. The number of hydrogen-bond acceptors (Lipinski definition) is 7. The van der Waals surface area contributed by atoms with Gasteiger partial charge in [-0.1, -0.05) is 53.5 Å². The second-order valence-corrected chi connectivity index (χ2v) is 8.19. The van der Waals surface area contributed by atoms with Gasteiger partial charge in [0.1, 0.15) is 5.02 Å². The molecule has 0 unspecified atom stereocenters. The Kier molecular flexibility index (Phi) is 7.33. The lowest BCUT2D eigenvalue weighted by atomic mass is 10.1. The first-order valence-electron chi connectivity index (χ1n) is 10.4. The third-order valence-electron chi connectivity index (χ3n) is 5.05. The Labute approximate surface area is 210 Å². The third kappa shape index (κ3) is 5.62. The Bertz CT molecular complexity index is 1360. The molecule has 0 aliphatic carbocycles. The summed E-state index contributed by atoms with van der Waals surface area (Å²) < 4.78 is 16.5. The number of esters is 1. The van der Waals surface area contributed by atoms with Crippen LogP contribution in [0.15, 0.2) is 71.4 Å². The first-order valence-corrected chi connectivity index (χ1v) is 11.1. The average Bonchev–Trinajstić information content (AvgIpc) is 3.20. The molecule has 178 valence electrons. The Morgan fingerprint density at radius 1 is 1.09 bits per heavy atom. The van der Waals surface area contributed by atoms with Crippen molar-refractivity contribution >= 4 is 46.8 Å². The molecule has 1 aliphatic rings. The highest BCUT2D eigenvalue weighted by atomic mass is 35.5. The second kappa shape index (κ2) is 10.6. The number of nitrogens with zero attached hydrogens (tertiary/aromatic N) is 2. The van der Waals surface area contributed by atoms with Crippen LogP contribution in [0.4, 0.5) is 5.69 Å². The molecule has 10 heteroatoms. The first-order chi connectivity index (χ1) is 16.9. The van der Waals surface area contributed by atoms with E-state index in [0.29, 0.717) is 35.1 Å². The molecule has 0 spiro atoms. The van der Waals surface area contributed by atoms with Crippen LogP contribution in [0.5, 0.6) is 11.5 Å². The smallest absolute Gasteiger partial charge is 0.363 e. The monoisotopic (exact) mass is 512 g/mol. The summed E-state index contributed by atoms with van der Waals surface area (Å²) in [6.45, 7) is 0.397. The van der Waals surface area contributed by atoms with E-state index in [0.717, 1.165) is 5.56 Å². The predicted molar refractivity (Wildman–Crippen MR) is 132 cm³/mol.